The zero-order valence-corrected chi connectivity index (χ0v) is 15.4. The summed E-state index contributed by atoms with van der Waals surface area (Å²) < 4.78 is 63.8. The van der Waals surface area contributed by atoms with Gasteiger partial charge in [0.15, 0.2) is 0 Å². The van der Waals surface area contributed by atoms with E-state index in [0.717, 1.165) is 21.3 Å². The van der Waals surface area contributed by atoms with Crippen LogP contribution < -0.4 is 5.32 Å². The second kappa shape index (κ2) is 8.19. The number of rotatable bonds is 7. The van der Waals surface area contributed by atoms with E-state index in [2.05, 4.69) is 5.32 Å². The number of thiophene rings is 1. The highest BCUT2D eigenvalue weighted by atomic mass is 32.2. The minimum absolute atomic E-state index is 0.00970. The van der Waals surface area contributed by atoms with E-state index in [4.69, 9.17) is 0 Å². The first kappa shape index (κ1) is 20.4. The lowest BCUT2D eigenvalue weighted by molar-refractivity contribution is -0.137. The Balaban J connectivity index is 2.08. The Morgan fingerprint density at radius 3 is 2.35 bits per heavy atom. The minimum Gasteiger partial charge on any atom is -0.350 e. The van der Waals surface area contributed by atoms with Crippen LogP contribution in [0.2, 0.25) is 0 Å². The van der Waals surface area contributed by atoms with Crippen molar-refractivity contribution in [3.05, 3.63) is 52.2 Å². The number of carbonyl (C=O) groups excluding carboxylic acids is 1. The lowest BCUT2D eigenvalue weighted by Gasteiger charge is -2.20. The number of alkyl halides is 3. The number of hydrogen-bond donors (Lipinski definition) is 1. The molecule has 1 amide bonds. The Morgan fingerprint density at radius 2 is 1.85 bits per heavy atom. The zero-order valence-electron chi connectivity index (χ0n) is 13.8. The molecule has 0 aliphatic heterocycles. The van der Waals surface area contributed by atoms with Crippen molar-refractivity contribution in [2.45, 2.75) is 24.5 Å². The number of amides is 1. The summed E-state index contributed by atoms with van der Waals surface area (Å²) in [6, 6.07) is 6.87. The van der Waals surface area contributed by atoms with Gasteiger partial charge in [-0.15, -0.1) is 11.3 Å². The monoisotopic (exact) mass is 406 g/mol. The van der Waals surface area contributed by atoms with Crippen molar-refractivity contribution in [3.63, 3.8) is 0 Å². The molecule has 26 heavy (non-hydrogen) atoms. The Bertz CT molecular complexity index is 833. The molecular weight excluding hydrogens is 389 g/mol. The van der Waals surface area contributed by atoms with E-state index in [1.807, 2.05) is 17.5 Å². The van der Waals surface area contributed by atoms with Gasteiger partial charge in [0.1, 0.15) is 0 Å². The van der Waals surface area contributed by atoms with Crippen molar-refractivity contribution in [2.75, 3.05) is 13.1 Å². The highest BCUT2D eigenvalue weighted by Gasteiger charge is 2.31. The van der Waals surface area contributed by atoms with Crippen LogP contribution in [-0.2, 0) is 27.5 Å². The normalized spacial score (nSPS) is 12.3. The van der Waals surface area contributed by atoms with Crippen molar-refractivity contribution in [3.8, 4) is 0 Å². The van der Waals surface area contributed by atoms with Gasteiger partial charge in [-0.05, 0) is 35.7 Å². The smallest absolute Gasteiger partial charge is 0.350 e. The quantitative estimate of drug-likeness (QED) is 0.769. The maximum atomic E-state index is 12.6. The third-order valence-electron chi connectivity index (χ3n) is 3.53. The van der Waals surface area contributed by atoms with Crippen LogP contribution in [0.1, 0.15) is 17.4 Å². The summed E-state index contributed by atoms with van der Waals surface area (Å²) in [5, 5.41) is 4.48. The van der Waals surface area contributed by atoms with Gasteiger partial charge in [-0.1, -0.05) is 13.0 Å². The molecule has 0 fully saturated rings. The van der Waals surface area contributed by atoms with E-state index in [1.54, 1.807) is 6.92 Å². The molecule has 0 saturated carbocycles. The summed E-state index contributed by atoms with van der Waals surface area (Å²) >= 11 is 1.46. The number of sulfonamides is 1. The van der Waals surface area contributed by atoms with Gasteiger partial charge < -0.3 is 5.32 Å². The molecule has 2 rings (SSSR count). The Hall–Kier alpha value is -1.91. The molecule has 0 aliphatic carbocycles. The lowest BCUT2D eigenvalue weighted by Crippen LogP contribution is -2.40. The first-order chi connectivity index (χ1) is 12.1. The fourth-order valence-electron chi connectivity index (χ4n) is 2.15. The largest absolute Gasteiger partial charge is 0.416 e. The molecule has 0 aliphatic rings. The molecule has 2 aromatic rings. The second-order valence-corrected chi connectivity index (χ2v) is 8.28. The van der Waals surface area contributed by atoms with Crippen LogP contribution in [0.15, 0.2) is 46.7 Å². The predicted octanol–water partition coefficient (Wildman–Crippen LogP) is 3.09. The van der Waals surface area contributed by atoms with Gasteiger partial charge in [0.05, 0.1) is 23.5 Å². The first-order valence-electron chi connectivity index (χ1n) is 7.61. The van der Waals surface area contributed by atoms with Crippen molar-refractivity contribution < 1.29 is 26.4 Å². The first-order valence-corrected chi connectivity index (χ1v) is 9.93. The average Bonchev–Trinajstić information content (AvgIpc) is 3.10. The molecule has 0 spiro atoms. The Kier molecular flexibility index (Phi) is 6.43. The maximum Gasteiger partial charge on any atom is 0.416 e. The van der Waals surface area contributed by atoms with Crippen LogP contribution in [0, 0.1) is 0 Å². The fourth-order valence-corrected chi connectivity index (χ4v) is 4.20. The van der Waals surface area contributed by atoms with Crippen molar-refractivity contribution in [2.24, 2.45) is 0 Å². The molecule has 10 heteroatoms. The Morgan fingerprint density at radius 1 is 1.19 bits per heavy atom. The highest BCUT2D eigenvalue weighted by molar-refractivity contribution is 7.89. The van der Waals surface area contributed by atoms with Crippen LogP contribution in [0.5, 0.6) is 0 Å². The van der Waals surface area contributed by atoms with Gasteiger partial charge in [0, 0.05) is 11.4 Å². The summed E-state index contributed by atoms with van der Waals surface area (Å²) in [6.45, 7) is 1.43. The van der Waals surface area contributed by atoms with Gasteiger partial charge >= 0.3 is 6.18 Å². The minimum atomic E-state index is -4.55. The molecule has 0 atom stereocenters. The summed E-state index contributed by atoms with van der Waals surface area (Å²) in [4.78, 5) is 12.6. The number of nitrogens with one attached hydrogen (secondary N) is 1. The van der Waals surface area contributed by atoms with E-state index < -0.39 is 34.2 Å². The Labute approximate surface area is 153 Å². The molecule has 1 aromatic heterocycles. The summed E-state index contributed by atoms with van der Waals surface area (Å²) in [5.74, 6) is -0.490. The maximum absolute atomic E-state index is 12.6. The van der Waals surface area contributed by atoms with Gasteiger partial charge in [0.25, 0.3) is 0 Å². The summed E-state index contributed by atoms with van der Waals surface area (Å²) in [7, 11) is -4.07. The molecular formula is C16H17F3N2O3S2. The lowest BCUT2D eigenvalue weighted by atomic mass is 10.2. The number of nitrogens with zero attached hydrogens (tertiary/aromatic N) is 1. The molecule has 1 aromatic carbocycles. The van der Waals surface area contributed by atoms with E-state index >= 15 is 0 Å². The number of halogens is 3. The highest BCUT2D eigenvalue weighted by Crippen LogP contribution is 2.30. The third kappa shape index (κ3) is 5.05. The third-order valence-corrected chi connectivity index (χ3v) is 6.34. The topological polar surface area (TPSA) is 66.5 Å². The second-order valence-electron chi connectivity index (χ2n) is 5.31. The average molecular weight is 406 g/mol. The summed E-state index contributed by atoms with van der Waals surface area (Å²) in [6.07, 6.45) is -4.55. The van der Waals surface area contributed by atoms with Crippen molar-refractivity contribution >= 4 is 27.3 Å². The zero-order chi connectivity index (χ0) is 19.4. The molecule has 1 heterocycles. The molecule has 142 valence electrons. The standard InChI is InChI=1S/C16H17F3N2O3S2/c1-2-21(11-15(22)20-10-13-4-3-9-25-13)26(23,24)14-7-5-12(6-8-14)16(17,18)19/h3-9H,2,10-11H2,1H3,(H,20,22). The van der Waals surface area contributed by atoms with Crippen LogP contribution in [0.3, 0.4) is 0 Å². The number of benzene rings is 1. The summed E-state index contributed by atoms with van der Waals surface area (Å²) in [5.41, 5.74) is -0.937. The van der Waals surface area contributed by atoms with Crippen LogP contribution in [0.25, 0.3) is 0 Å². The molecule has 0 bridgehead atoms. The van der Waals surface area contributed by atoms with E-state index in [-0.39, 0.29) is 18.0 Å². The number of likely N-dealkylation sites (N-methyl/N-ethyl adjacent to an activating group) is 1. The van der Waals surface area contributed by atoms with E-state index in [9.17, 15) is 26.4 Å². The van der Waals surface area contributed by atoms with Crippen LogP contribution in [-0.4, -0.2) is 31.7 Å². The fraction of sp³-hybridized carbons (Fsp3) is 0.312. The van der Waals surface area contributed by atoms with Crippen LogP contribution in [0.4, 0.5) is 13.2 Å². The van der Waals surface area contributed by atoms with E-state index in [1.165, 1.54) is 11.3 Å². The molecule has 0 saturated heterocycles. The predicted molar refractivity (Wildman–Crippen MR) is 92.0 cm³/mol. The SMILES string of the molecule is CCN(CC(=O)NCc1cccs1)S(=O)(=O)c1ccc(C(F)(F)F)cc1. The molecule has 1 N–H and O–H groups in total. The van der Waals surface area contributed by atoms with Gasteiger partial charge in [-0.25, -0.2) is 8.42 Å². The van der Waals surface area contributed by atoms with Crippen molar-refractivity contribution in [1.82, 2.24) is 9.62 Å². The van der Waals surface area contributed by atoms with Crippen LogP contribution >= 0.6 is 11.3 Å². The molecule has 5 nitrogen and oxygen atoms in total. The number of hydrogen-bond acceptors (Lipinski definition) is 4. The van der Waals surface area contributed by atoms with Crippen molar-refractivity contribution in [1.29, 1.82) is 0 Å². The molecule has 0 unspecified atom stereocenters. The van der Waals surface area contributed by atoms with E-state index in [0.29, 0.717) is 12.1 Å². The van der Waals surface area contributed by atoms with Gasteiger partial charge in [0.2, 0.25) is 15.9 Å². The van der Waals surface area contributed by atoms with Gasteiger partial charge in [-0.3, -0.25) is 4.79 Å². The van der Waals surface area contributed by atoms with Gasteiger partial charge in [-0.2, -0.15) is 17.5 Å². The molecule has 0 radical (unpaired) electrons. The number of carbonyl (C=O) groups is 1.